The summed E-state index contributed by atoms with van der Waals surface area (Å²) in [7, 11) is 0. The molecule has 0 aliphatic carbocycles. The average Bonchev–Trinajstić information content (AvgIpc) is 2.76. The molecule has 18 heavy (non-hydrogen) atoms. The Labute approximate surface area is 119 Å². The SMILES string of the molecule is OCCN(Cc1cccnc1)Cc1cc(Br)cs1. The highest BCUT2D eigenvalue weighted by atomic mass is 79.9. The number of aliphatic hydroxyl groups is 1. The van der Waals surface area contributed by atoms with Gasteiger partial charge >= 0.3 is 0 Å². The van der Waals surface area contributed by atoms with E-state index in [-0.39, 0.29) is 6.61 Å². The zero-order valence-corrected chi connectivity index (χ0v) is 12.3. The maximum Gasteiger partial charge on any atom is 0.0558 e. The summed E-state index contributed by atoms with van der Waals surface area (Å²) in [4.78, 5) is 7.62. The van der Waals surface area contributed by atoms with Crippen molar-refractivity contribution in [1.82, 2.24) is 9.88 Å². The van der Waals surface area contributed by atoms with Gasteiger partial charge in [0.1, 0.15) is 0 Å². The van der Waals surface area contributed by atoms with Crippen LogP contribution in [0.2, 0.25) is 0 Å². The molecule has 0 unspecified atom stereocenters. The first kappa shape index (κ1) is 13.7. The quantitative estimate of drug-likeness (QED) is 0.886. The molecular weight excluding hydrogens is 312 g/mol. The lowest BCUT2D eigenvalue weighted by Gasteiger charge is -2.20. The topological polar surface area (TPSA) is 36.4 Å². The summed E-state index contributed by atoms with van der Waals surface area (Å²) >= 11 is 5.19. The molecule has 0 aliphatic rings. The van der Waals surface area contributed by atoms with Crippen molar-refractivity contribution in [2.45, 2.75) is 13.1 Å². The minimum absolute atomic E-state index is 0.173. The van der Waals surface area contributed by atoms with Crippen LogP contribution in [-0.2, 0) is 13.1 Å². The number of thiophene rings is 1. The van der Waals surface area contributed by atoms with E-state index < -0.39 is 0 Å². The van der Waals surface area contributed by atoms with E-state index in [1.54, 1.807) is 17.5 Å². The first-order valence-electron chi connectivity index (χ1n) is 5.73. The monoisotopic (exact) mass is 326 g/mol. The van der Waals surface area contributed by atoms with E-state index in [2.05, 4.69) is 43.3 Å². The Kier molecular flexibility index (Phi) is 5.31. The third-order valence-electron chi connectivity index (χ3n) is 2.55. The molecule has 0 spiro atoms. The van der Waals surface area contributed by atoms with Crippen LogP contribution >= 0.6 is 27.3 Å². The number of pyridine rings is 1. The molecule has 2 aromatic heterocycles. The number of aromatic nitrogens is 1. The summed E-state index contributed by atoms with van der Waals surface area (Å²) in [5.74, 6) is 0. The number of rotatable bonds is 6. The summed E-state index contributed by atoms with van der Waals surface area (Å²) in [6.45, 7) is 2.51. The molecule has 0 aromatic carbocycles. The molecule has 5 heteroatoms. The van der Waals surface area contributed by atoms with Gasteiger partial charge in [-0.15, -0.1) is 11.3 Å². The molecule has 1 N–H and O–H groups in total. The van der Waals surface area contributed by atoms with Gasteiger partial charge in [-0.05, 0) is 33.6 Å². The number of hydrogen-bond acceptors (Lipinski definition) is 4. The van der Waals surface area contributed by atoms with Gasteiger partial charge < -0.3 is 5.11 Å². The van der Waals surface area contributed by atoms with Crippen LogP contribution < -0.4 is 0 Å². The van der Waals surface area contributed by atoms with Crippen LogP contribution in [0, 0.1) is 0 Å². The summed E-state index contributed by atoms with van der Waals surface area (Å²) in [5.41, 5.74) is 1.17. The summed E-state index contributed by atoms with van der Waals surface area (Å²) in [5, 5.41) is 11.2. The van der Waals surface area contributed by atoms with E-state index in [0.717, 1.165) is 17.6 Å². The van der Waals surface area contributed by atoms with Gasteiger partial charge in [0, 0.05) is 46.8 Å². The van der Waals surface area contributed by atoms with Crippen LogP contribution in [0.1, 0.15) is 10.4 Å². The minimum atomic E-state index is 0.173. The van der Waals surface area contributed by atoms with Crippen molar-refractivity contribution in [1.29, 1.82) is 0 Å². The molecule has 2 heterocycles. The largest absolute Gasteiger partial charge is 0.395 e. The van der Waals surface area contributed by atoms with Gasteiger partial charge in [0.15, 0.2) is 0 Å². The predicted molar refractivity (Wildman–Crippen MR) is 77.5 cm³/mol. The second-order valence-electron chi connectivity index (χ2n) is 4.03. The van der Waals surface area contributed by atoms with Crippen molar-refractivity contribution in [3.05, 3.63) is 50.9 Å². The van der Waals surface area contributed by atoms with Gasteiger partial charge in [0.2, 0.25) is 0 Å². The van der Waals surface area contributed by atoms with Gasteiger partial charge in [-0.25, -0.2) is 0 Å². The highest BCUT2D eigenvalue weighted by Gasteiger charge is 2.08. The minimum Gasteiger partial charge on any atom is -0.395 e. The maximum atomic E-state index is 9.13. The molecule has 0 bridgehead atoms. The zero-order chi connectivity index (χ0) is 12.8. The number of halogens is 1. The molecule has 0 fully saturated rings. The Morgan fingerprint density at radius 2 is 2.28 bits per heavy atom. The van der Waals surface area contributed by atoms with Crippen molar-refractivity contribution in [2.24, 2.45) is 0 Å². The fraction of sp³-hybridized carbons (Fsp3) is 0.308. The van der Waals surface area contributed by atoms with Gasteiger partial charge in [0.05, 0.1) is 6.61 Å². The van der Waals surface area contributed by atoms with Gasteiger partial charge in [0.25, 0.3) is 0 Å². The third kappa shape index (κ3) is 4.17. The van der Waals surface area contributed by atoms with Crippen molar-refractivity contribution in [2.75, 3.05) is 13.2 Å². The lowest BCUT2D eigenvalue weighted by atomic mass is 10.2. The van der Waals surface area contributed by atoms with Gasteiger partial charge in [-0.1, -0.05) is 6.07 Å². The fourth-order valence-electron chi connectivity index (χ4n) is 1.76. The smallest absolute Gasteiger partial charge is 0.0558 e. The van der Waals surface area contributed by atoms with E-state index in [0.29, 0.717) is 6.54 Å². The Balaban J connectivity index is 1.99. The molecule has 96 valence electrons. The zero-order valence-electron chi connectivity index (χ0n) is 9.92. The Bertz CT molecular complexity index is 475. The van der Waals surface area contributed by atoms with Crippen LogP contribution in [0.3, 0.4) is 0 Å². The van der Waals surface area contributed by atoms with Crippen molar-refractivity contribution >= 4 is 27.3 Å². The maximum absolute atomic E-state index is 9.13. The molecule has 0 amide bonds. The molecule has 2 rings (SSSR count). The van der Waals surface area contributed by atoms with E-state index in [1.807, 2.05) is 12.3 Å². The summed E-state index contributed by atoms with van der Waals surface area (Å²) in [6.07, 6.45) is 3.64. The predicted octanol–water partition coefficient (Wildman–Crippen LogP) is 2.90. The molecule has 2 aromatic rings. The average molecular weight is 327 g/mol. The Hall–Kier alpha value is -0.750. The molecule has 0 saturated carbocycles. The first-order valence-corrected chi connectivity index (χ1v) is 7.40. The molecule has 0 radical (unpaired) electrons. The lowest BCUT2D eigenvalue weighted by Crippen LogP contribution is -2.25. The summed E-state index contributed by atoms with van der Waals surface area (Å²) in [6, 6.07) is 6.12. The second kappa shape index (κ2) is 6.99. The summed E-state index contributed by atoms with van der Waals surface area (Å²) < 4.78 is 1.12. The third-order valence-corrected chi connectivity index (χ3v) is 4.23. The van der Waals surface area contributed by atoms with Crippen LogP contribution in [-0.4, -0.2) is 28.1 Å². The first-order chi connectivity index (χ1) is 8.78. The number of hydrogen-bond donors (Lipinski definition) is 1. The van der Waals surface area contributed by atoms with E-state index in [9.17, 15) is 0 Å². The van der Waals surface area contributed by atoms with Gasteiger partial charge in [-0.2, -0.15) is 0 Å². The van der Waals surface area contributed by atoms with Crippen molar-refractivity contribution < 1.29 is 5.11 Å². The molecule has 0 saturated heterocycles. The molecule has 3 nitrogen and oxygen atoms in total. The Morgan fingerprint density at radius 3 is 2.89 bits per heavy atom. The highest BCUT2D eigenvalue weighted by molar-refractivity contribution is 9.10. The number of nitrogens with zero attached hydrogens (tertiary/aromatic N) is 2. The van der Waals surface area contributed by atoms with Crippen LogP contribution in [0.4, 0.5) is 0 Å². The molecule has 0 atom stereocenters. The van der Waals surface area contributed by atoms with E-state index >= 15 is 0 Å². The lowest BCUT2D eigenvalue weighted by molar-refractivity contribution is 0.185. The number of aliphatic hydroxyl groups excluding tert-OH is 1. The molecular formula is C13H15BrN2OS. The standard InChI is InChI=1S/C13H15BrN2OS/c14-12-6-13(18-10-12)9-16(4-5-17)8-11-2-1-3-15-7-11/h1-3,6-7,10,17H,4-5,8-9H2. The Morgan fingerprint density at radius 1 is 1.39 bits per heavy atom. The normalized spacial score (nSPS) is 11.1. The van der Waals surface area contributed by atoms with E-state index in [4.69, 9.17) is 5.11 Å². The van der Waals surface area contributed by atoms with Crippen molar-refractivity contribution in [3.63, 3.8) is 0 Å². The molecule has 0 aliphatic heterocycles. The van der Waals surface area contributed by atoms with Crippen LogP contribution in [0.25, 0.3) is 0 Å². The highest BCUT2D eigenvalue weighted by Crippen LogP contribution is 2.21. The second-order valence-corrected chi connectivity index (χ2v) is 5.94. The van der Waals surface area contributed by atoms with E-state index in [1.165, 1.54) is 10.4 Å². The van der Waals surface area contributed by atoms with Crippen molar-refractivity contribution in [3.8, 4) is 0 Å². The van der Waals surface area contributed by atoms with Crippen LogP contribution in [0.5, 0.6) is 0 Å². The van der Waals surface area contributed by atoms with Gasteiger partial charge in [-0.3, -0.25) is 9.88 Å². The van der Waals surface area contributed by atoms with Crippen LogP contribution in [0.15, 0.2) is 40.4 Å². The fourth-order valence-corrected chi connectivity index (χ4v) is 3.25.